The van der Waals surface area contributed by atoms with Crippen LogP contribution in [-0.2, 0) is 0 Å². The maximum absolute atomic E-state index is 13.3. The molecule has 30 heavy (non-hydrogen) atoms. The Morgan fingerprint density at radius 3 is 2.43 bits per heavy atom. The molecule has 0 fully saturated rings. The van der Waals surface area contributed by atoms with Crippen molar-refractivity contribution in [2.45, 2.75) is 18.1 Å². The lowest BCUT2D eigenvalue weighted by Gasteiger charge is -2.16. The fourth-order valence-corrected chi connectivity index (χ4v) is 3.63. The highest BCUT2D eigenvalue weighted by Gasteiger charge is 2.20. The van der Waals surface area contributed by atoms with Crippen LogP contribution < -0.4 is 5.32 Å². The van der Waals surface area contributed by atoms with Gasteiger partial charge in [0.2, 0.25) is 0 Å². The zero-order chi connectivity index (χ0) is 21.1. The lowest BCUT2D eigenvalue weighted by atomic mass is 10.1. The minimum Gasteiger partial charge on any atom is -0.344 e. The molecule has 0 aliphatic heterocycles. The summed E-state index contributed by atoms with van der Waals surface area (Å²) in [5.41, 5.74) is 2.89. The molecule has 152 valence electrons. The van der Waals surface area contributed by atoms with Gasteiger partial charge >= 0.3 is 0 Å². The Hall–Kier alpha value is -3.46. The van der Waals surface area contributed by atoms with E-state index in [0.717, 1.165) is 11.3 Å². The number of imidazole rings is 1. The van der Waals surface area contributed by atoms with E-state index in [4.69, 9.17) is 0 Å². The van der Waals surface area contributed by atoms with Crippen LogP contribution in [0.15, 0.2) is 72.5 Å². The third-order valence-electron chi connectivity index (χ3n) is 4.65. The maximum Gasteiger partial charge on any atom is 0.270 e. The predicted molar refractivity (Wildman–Crippen MR) is 113 cm³/mol. The molecule has 2 aromatic carbocycles. The Balaban J connectivity index is 1.55. The minimum atomic E-state index is -0.335. The van der Waals surface area contributed by atoms with Crippen molar-refractivity contribution in [2.24, 2.45) is 0 Å². The molecule has 0 radical (unpaired) electrons. The van der Waals surface area contributed by atoms with Gasteiger partial charge in [0.05, 0.1) is 17.9 Å². The molecule has 0 bridgehead atoms. The monoisotopic (exact) mass is 422 g/mol. The van der Waals surface area contributed by atoms with E-state index in [-0.39, 0.29) is 17.8 Å². The molecule has 1 atom stereocenters. The van der Waals surface area contributed by atoms with Gasteiger partial charge in [0, 0.05) is 5.69 Å². The number of carbonyl (C=O) groups is 1. The van der Waals surface area contributed by atoms with Crippen molar-refractivity contribution in [3.05, 3.63) is 84.5 Å². The van der Waals surface area contributed by atoms with Gasteiger partial charge < -0.3 is 5.32 Å². The Morgan fingerprint density at radius 1 is 1.10 bits per heavy atom. The average Bonchev–Trinajstić information content (AvgIpc) is 3.44. The summed E-state index contributed by atoms with van der Waals surface area (Å²) in [7, 11) is 0. The number of amides is 1. The van der Waals surface area contributed by atoms with Crippen molar-refractivity contribution in [1.82, 2.24) is 29.6 Å². The van der Waals surface area contributed by atoms with E-state index in [1.807, 2.05) is 37.4 Å². The van der Waals surface area contributed by atoms with Gasteiger partial charge in [0.15, 0.2) is 5.16 Å². The topological polar surface area (TPSA) is 77.6 Å². The Morgan fingerprint density at radius 2 is 1.80 bits per heavy atom. The van der Waals surface area contributed by atoms with Gasteiger partial charge in [-0.1, -0.05) is 23.9 Å². The van der Waals surface area contributed by atoms with Crippen LogP contribution in [0.25, 0.3) is 11.4 Å². The van der Waals surface area contributed by atoms with Crippen LogP contribution in [0.3, 0.4) is 0 Å². The Labute approximate surface area is 177 Å². The first-order valence-electron chi connectivity index (χ1n) is 9.20. The number of thioether (sulfide) groups is 1. The smallest absolute Gasteiger partial charge is 0.270 e. The highest BCUT2D eigenvalue weighted by molar-refractivity contribution is 7.98. The van der Waals surface area contributed by atoms with Crippen molar-refractivity contribution in [1.29, 1.82) is 0 Å². The molecule has 7 nitrogen and oxygen atoms in total. The van der Waals surface area contributed by atoms with Crippen molar-refractivity contribution in [3.63, 3.8) is 0 Å². The number of carbonyl (C=O) groups excluding carboxylic acids is 1. The molecule has 1 amide bonds. The van der Waals surface area contributed by atoms with E-state index in [2.05, 4.69) is 20.4 Å². The molecule has 9 heteroatoms. The summed E-state index contributed by atoms with van der Waals surface area (Å²) in [6.45, 7) is 1.91. The minimum absolute atomic E-state index is 0.225. The lowest BCUT2D eigenvalue weighted by Crippen LogP contribution is -2.28. The molecule has 0 aliphatic carbocycles. The number of nitrogens with one attached hydrogen (secondary N) is 1. The number of nitrogens with zero attached hydrogens (tertiary/aromatic N) is 5. The zero-order valence-corrected chi connectivity index (χ0v) is 17.2. The van der Waals surface area contributed by atoms with Crippen LogP contribution in [0.1, 0.15) is 29.0 Å². The van der Waals surface area contributed by atoms with Gasteiger partial charge in [-0.2, -0.15) is 5.10 Å². The van der Waals surface area contributed by atoms with Gasteiger partial charge in [-0.15, -0.1) is 0 Å². The average molecular weight is 422 g/mol. The third-order valence-corrected chi connectivity index (χ3v) is 5.31. The molecule has 1 N–H and O–H groups in total. The highest BCUT2D eigenvalue weighted by atomic mass is 32.2. The number of benzene rings is 2. The summed E-state index contributed by atoms with van der Waals surface area (Å²) in [6, 6.07) is 13.5. The molecule has 0 spiro atoms. The summed E-state index contributed by atoms with van der Waals surface area (Å²) in [5, 5.41) is 7.76. The van der Waals surface area contributed by atoms with E-state index in [9.17, 15) is 9.18 Å². The van der Waals surface area contributed by atoms with Crippen LogP contribution in [0.5, 0.6) is 0 Å². The van der Waals surface area contributed by atoms with Crippen LogP contribution in [0, 0.1) is 5.82 Å². The molecule has 1 unspecified atom stereocenters. The number of aromatic nitrogens is 5. The summed E-state index contributed by atoms with van der Waals surface area (Å²) < 4.78 is 16.7. The standard InChI is InChI=1S/C21H19FN6OS/c1-14(15-3-7-17(8-4-15)27-13-23-12-25-27)26-20(29)19-11-24-21(30-2)28(19)18-9-5-16(22)6-10-18/h3-14H,1-2H3,(H,26,29). The van der Waals surface area contributed by atoms with Crippen molar-refractivity contribution < 1.29 is 9.18 Å². The van der Waals surface area contributed by atoms with E-state index in [1.54, 1.807) is 27.7 Å². The highest BCUT2D eigenvalue weighted by Crippen LogP contribution is 2.23. The van der Waals surface area contributed by atoms with E-state index < -0.39 is 0 Å². The molecule has 2 heterocycles. The normalized spacial score (nSPS) is 12.0. The molecular formula is C21H19FN6OS. The van der Waals surface area contributed by atoms with Gasteiger partial charge in [-0.3, -0.25) is 9.36 Å². The molecule has 0 saturated heterocycles. The number of hydrogen-bond acceptors (Lipinski definition) is 5. The second kappa shape index (κ2) is 8.50. The first kappa shape index (κ1) is 19.8. The fraction of sp³-hybridized carbons (Fsp3) is 0.143. The SMILES string of the molecule is CSc1ncc(C(=O)NC(C)c2ccc(-n3cncn3)cc2)n1-c1ccc(F)cc1. The van der Waals surface area contributed by atoms with Crippen LogP contribution in [0.2, 0.25) is 0 Å². The molecule has 4 aromatic rings. The maximum atomic E-state index is 13.3. The molecule has 4 rings (SSSR count). The van der Waals surface area contributed by atoms with Crippen molar-refractivity contribution >= 4 is 17.7 Å². The Bertz CT molecular complexity index is 1140. The van der Waals surface area contributed by atoms with Gasteiger partial charge in [-0.25, -0.2) is 19.0 Å². The number of hydrogen-bond donors (Lipinski definition) is 1. The van der Waals surface area contributed by atoms with Gasteiger partial charge in [0.25, 0.3) is 5.91 Å². The third kappa shape index (κ3) is 3.97. The van der Waals surface area contributed by atoms with Crippen molar-refractivity contribution in [3.8, 4) is 11.4 Å². The molecule has 2 aromatic heterocycles. The quantitative estimate of drug-likeness (QED) is 0.478. The second-order valence-corrected chi connectivity index (χ2v) is 7.34. The summed E-state index contributed by atoms with van der Waals surface area (Å²) in [4.78, 5) is 21.3. The zero-order valence-electron chi connectivity index (χ0n) is 16.4. The van der Waals surface area contributed by atoms with Gasteiger partial charge in [0.1, 0.15) is 24.2 Å². The largest absolute Gasteiger partial charge is 0.344 e. The fourth-order valence-electron chi connectivity index (χ4n) is 3.09. The molecule has 0 saturated carbocycles. The number of halogens is 1. The van der Waals surface area contributed by atoms with E-state index >= 15 is 0 Å². The molecule has 0 aliphatic rings. The predicted octanol–water partition coefficient (Wildman–Crippen LogP) is 3.81. The van der Waals surface area contributed by atoms with Gasteiger partial charge in [-0.05, 0) is 55.1 Å². The first-order valence-corrected chi connectivity index (χ1v) is 10.4. The van der Waals surface area contributed by atoms with Crippen LogP contribution in [0.4, 0.5) is 4.39 Å². The summed E-state index contributed by atoms with van der Waals surface area (Å²) >= 11 is 1.41. The second-order valence-electron chi connectivity index (χ2n) is 6.57. The van der Waals surface area contributed by atoms with E-state index in [1.165, 1.54) is 36.4 Å². The Kier molecular flexibility index (Phi) is 5.62. The summed E-state index contributed by atoms with van der Waals surface area (Å²) in [5.74, 6) is -0.599. The van der Waals surface area contributed by atoms with E-state index in [0.29, 0.717) is 16.5 Å². The first-order chi connectivity index (χ1) is 14.6. The lowest BCUT2D eigenvalue weighted by molar-refractivity contribution is 0.0932. The molecular weight excluding hydrogens is 403 g/mol. The van der Waals surface area contributed by atoms with Crippen molar-refractivity contribution in [2.75, 3.05) is 6.26 Å². The number of rotatable bonds is 6. The van der Waals surface area contributed by atoms with Crippen LogP contribution >= 0.6 is 11.8 Å². The van der Waals surface area contributed by atoms with Crippen LogP contribution in [-0.4, -0.2) is 36.5 Å². The summed E-state index contributed by atoms with van der Waals surface area (Å²) in [6.07, 6.45) is 6.51.